The molecule has 0 aromatic rings. The standard InChI is InChI=1S/C10H19NO2/c1-3-8(4-2)11-10(12)9-6-5-7-13-9/h8-9H,3-7H2,1-2H3,(H,11,12). The molecule has 1 heterocycles. The van der Waals surface area contributed by atoms with Crippen LogP contribution in [0.3, 0.4) is 0 Å². The maximum absolute atomic E-state index is 11.5. The van der Waals surface area contributed by atoms with Crippen molar-refractivity contribution in [1.82, 2.24) is 5.32 Å². The molecule has 1 saturated heterocycles. The molecule has 0 radical (unpaired) electrons. The van der Waals surface area contributed by atoms with E-state index in [9.17, 15) is 4.79 Å². The maximum atomic E-state index is 11.5. The third kappa shape index (κ3) is 2.99. The van der Waals surface area contributed by atoms with Gasteiger partial charge in [0.05, 0.1) is 0 Å². The average Bonchev–Trinajstić information content (AvgIpc) is 2.66. The summed E-state index contributed by atoms with van der Waals surface area (Å²) in [5.41, 5.74) is 0. The highest BCUT2D eigenvalue weighted by molar-refractivity contribution is 5.81. The number of nitrogens with one attached hydrogen (secondary N) is 1. The van der Waals surface area contributed by atoms with Crippen molar-refractivity contribution in [3.05, 3.63) is 0 Å². The zero-order chi connectivity index (χ0) is 9.68. The molecule has 1 amide bonds. The summed E-state index contributed by atoms with van der Waals surface area (Å²) in [6, 6.07) is 0.316. The van der Waals surface area contributed by atoms with Gasteiger partial charge in [0.2, 0.25) is 5.91 Å². The van der Waals surface area contributed by atoms with Crippen LogP contribution in [0.5, 0.6) is 0 Å². The minimum Gasteiger partial charge on any atom is -0.368 e. The normalized spacial score (nSPS) is 22.2. The van der Waals surface area contributed by atoms with Crippen molar-refractivity contribution in [3.8, 4) is 0 Å². The molecule has 0 spiro atoms. The van der Waals surface area contributed by atoms with Crippen molar-refractivity contribution in [3.63, 3.8) is 0 Å². The van der Waals surface area contributed by atoms with E-state index in [0.29, 0.717) is 6.04 Å². The Labute approximate surface area is 79.8 Å². The maximum Gasteiger partial charge on any atom is 0.249 e. The van der Waals surface area contributed by atoms with Gasteiger partial charge in [-0.05, 0) is 25.7 Å². The van der Waals surface area contributed by atoms with Gasteiger partial charge in [0, 0.05) is 12.6 Å². The lowest BCUT2D eigenvalue weighted by molar-refractivity contribution is -0.130. The van der Waals surface area contributed by atoms with E-state index in [4.69, 9.17) is 4.74 Å². The Hall–Kier alpha value is -0.570. The predicted octanol–water partition coefficient (Wildman–Crippen LogP) is 1.47. The van der Waals surface area contributed by atoms with Gasteiger partial charge in [0.25, 0.3) is 0 Å². The zero-order valence-corrected chi connectivity index (χ0v) is 8.51. The van der Waals surface area contributed by atoms with E-state index >= 15 is 0 Å². The molecular formula is C10H19NO2. The molecule has 1 aliphatic heterocycles. The van der Waals surface area contributed by atoms with E-state index in [1.54, 1.807) is 0 Å². The van der Waals surface area contributed by atoms with Gasteiger partial charge >= 0.3 is 0 Å². The highest BCUT2D eigenvalue weighted by Crippen LogP contribution is 2.12. The van der Waals surface area contributed by atoms with E-state index in [1.807, 2.05) is 0 Å². The average molecular weight is 185 g/mol. The molecule has 3 nitrogen and oxygen atoms in total. The highest BCUT2D eigenvalue weighted by Gasteiger charge is 2.24. The molecule has 0 saturated carbocycles. The summed E-state index contributed by atoms with van der Waals surface area (Å²) in [6.45, 7) is 4.91. The van der Waals surface area contributed by atoms with Gasteiger partial charge in [-0.15, -0.1) is 0 Å². The minimum atomic E-state index is -0.180. The Kier molecular flexibility index (Phi) is 4.22. The number of ether oxygens (including phenoxy) is 1. The topological polar surface area (TPSA) is 38.3 Å². The van der Waals surface area contributed by atoms with Crippen LogP contribution in [0.1, 0.15) is 39.5 Å². The van der Waals surface area contributed by atoms with Gasteiger partial charge in [0.15, 0.2) is 0 Å². The van der Waals surface area contributed by atoms with E-state index < -0.39 is 0 Å². The molecule has 76 valence electrons. The number of rotatable bonds is 4. The number of carbonyl (C=O) groups excluding carboxylic acids is 1. The molecule has 1 unspecified atom stereocenters. The molecule has 0 aromatic heterocycles. The first-order chi connectivity index (χ1) is 6.27. The number of amides is 1. The van der Waals surface area contributed by atoms with Crippen LogP contribution in [0.2, 0.25) is 0 Å². The van der Waals surface area contributed by atoms with Crippen LogP contribution in [0.4, 0.5) is 0 Å². The summed E-state index contributed by atoms with van der Waals surface area (Å²) < 4.78 is 5.29. The van der Waals surface area contributed by atoms with Crippen molar-refractivity contribution in [2.24, 2.45) is 0 Å². The second-order valence-electron chi connectivity index (χ2n) is 3.52. The van der Waals surface area contributed by atoms with Gasteiger partial charge in [-0.2, -0.15) is 0 Å². The first-order valence-corrected chi connectivity index (χ1v) is 5.19. The van der Waals surface area contributed by atoms with Crippen molar-refractivity contribution >= 4 is 5.91 Å². The fourth-order valence-corrected chi connectivity index (χ4v) is 1.57. The van der Waals surface area contributed by atoms with Crippen LogP contribution < -0.4 is 5.32 Å². The third-order valence-corrected chi connectivity index (χ3v) is 2.55. The first kappa shape index (κ1) is 10.5. The Morgan fingerprint density at radius 3 is 2.69 bits per heavy atom. The quantitative estimate of drug-likeness (QED) is 0.720. The Bertz CT molecular complexity index is 160. The minimum absolute atomic E-state index is 0.0752. The second-order valence-corrected chi connectivity index (χ2v) is 3.52. The largest absolute Gasteiger partial charge is 0.368 e. The fourth-order valence-electron chi connectivity index (χ4n) is 1.57. The Balaban J connectivity index is 2.30. The molecular weight excluding hydrogens is 166 g/mol. The second kappa shape index (κ2) is 5.22. The smallest absolute Gasteiger partial charge is 0.249 e. The molecule has 0 aromatic carbocycles. The van der Waals surface area contributed by atoms with Crippen LogP contribution in [-0.2, 0) is 9.53 Å². The third-order valence-electron chi connectivity index (χ3n) is 2.55. The summed E-state index contributed by atoms with van der Waals surface area (Å²) in [5, 5.41) is 2.99. The first-order valence-electron chi connectivity index (χ1n) is 5.19. The van der Waals surface area contributed by atoms with Gasteiger partial charge in [-0.3, -0.25) is 4.79 Å². The number of hydrogen-bond acceptors (Lipinski definition) is 2. The monoisotopic (exact) mass is 185 g/mol. The summed E-state index contributed by atoms with van der Waals surface area (Å²) in [6.07, 6.45) is 3.71. The lowest BCUT2D eigenvalue weighted by Gasteiger charge is -2.17. The van der Waals surface area contributed by atoms with Crippen molar-refractivity contribution < 1.29 is 9.53 Å². The summed E-state index contributed by atoms with van der Waals surface area (Å²) in [4.78, 5) is 11.5. The predicted molar refractivity (Wildman–Crippen MR) is 51.5 cm³/mol. The lowest BCUT2D eigenvalue weighted by Crippen LogP contribution is -2.40. The molecule has 1 fully saturated rings. The van der Waals surface area contributed by atoms with Gasteiger partial charge < -0.3 is 10.1 Å². The van der Waals surface area contributed by atoms with Crippen LogP contribution >= 0.6 is 0 Å². The van der Waals surface area contributed by atoms with E-state index in [-0.39, 0.29) is 12.0 Å². The Morgan fingerprint density at radius 2 is 2.23 bits per heavy atom. The molecule has 0 aliphatic carbocycles. The highest BCUT2D eigenvalue weighted by atomic mass is 16.5. The van der Waals surface area contributed by atoms with Gasteiger partial charge in [-0.25, -0.2) is 0 Å². The fraction of sp³-hybridized carbons (Fsp3) is 0.900. The summed E-state index contributed by atoms with van der Waals surface area (Å²) >= 11 is 0. The summed E-state index contributed by atoms with van der Waals surface area (Å²) in [5.74, 6) is 0.0752. The van der Waals surface area contributed by atoms with Gasteiger partial charge in [-0.1, -0.05) is 13.8 Å². The van der Waals surface area contributed by atoms with Crippen LogP contribution in [0.15, 0.2) is 0 Å². The lowest BCUT2D eigenvalue weighted by atomic mass is 10.1. The molecule has 1 N–H and O–H groups in total. The van der Waals surface area contributed by atoms with E-state index in [1.165, 1.54) is 0 Å². The van der Waals surface area contributed by atoms with E-state index in [2.05, 4.69) is 19.2 Å². The van der Waals surface area contributed by atoms with Crippen LogP contribution in [-0.4, -0.2) is 24.7 Å². The SMILES string of the molecule is CCC(CC)NC(=O)C1CCCO1. The van der Waals surface area contributed by atoms with Crippen molar-refractivity contribution in [2.75, 3.05) is 6.61 Å². The van der Waals surface area contributed by atoms with Crippen molar-refractivity contribution in [2.45, 2.75) is 51.7 Å². The number of carbonyl (C=O) groups is 1. The molecule has 3 heteroatoms. The zero-order valence-electron chi connectivity index (χ0n) is 8.51. The molecule has 1 aliphatic rings. The molecule has 1 rings (SSSR count). The van der Waals surface area contributed by atoms with Crippen LogP contribution in [0.25, 0.3) is 0 Å². The molecule has 0 bridgehead atoms. The van der Waals surface area contributed by atoms with Gasteiger partial charge in [0.1, 0.15) is 6.10 Å². The Morgan fingerprint density at radius 1 is 1.54 bits per heavy atom. The summed E-state index contributed by atoms with van der Waals surface area (Å²) in [7, 11) is 0. The van der Waals surface area contributed by atoms with Crippen molar-refractivity contribution in [1.29, 1.82) is 0 Å². The van der Waals surface area contributed by atoms with Crippen LogP contribution in [0, 0.1) is 0 Å². The number of hydrogen-bond donors (Lipinski definition) is 1. The van der Waals surface area contributed by atoms with E-state index in [0.717, 1.165) is 32.3 Å². The molecule has 13 heavy (non-hydrogen) atoms. The molecule has 1 atom stereocenters.